The Morgan fingerprint density at radius 2 is 1.88 bits per heavy atom. The Kier molecular flexibility index (Phi) is 6.87. The second-order valence-corrected chi connectivity index (χ2v) is 7.38. The SMILES string of the molecule is CN(/N=C\c1ccc(Nc2cccc(C(F)(F)F)c2)cn1)c1ncc(F)c(N2CCOCC2)n1. The summed E-state index contributed by atoms with van der Waals surface area (Å²) in [6.45, 7) is 2.06. The first-order valence-electron chi connectivity index (χ1n) is 10.3. The number of rotatable bonds is 6. The van der Waals surface area contributed by atoms with Crippen LogP contribution in [0.3, 0.4) is 0 Å². The van der Waals surface area contributed by atoms with E-state index < -0.39 is 17.6 Å². The summed E-state index contributed by atoms with van der Waals surface area (Å²) < 4.78 is 58.1. The molecule has 0 radical (unpaired) electrons. The molecule has 4 rings (SSSR count). The van der Waals surface area contributed by atoms with Crippen LogP contribution in [-0.2, 0) is 10.9 Å². The molecule has 0 atom stereocenters. The Bertz CT molecular complexity index is 1150. The van der Waals surface area contributed by atoms with E-state index >= 15 is 0 Å². The van der Waals surface area contributed by atoms with Gasteiger partial charge in [-0.3, -0.25) is 4.98 Å². The number of benzene rings is 1. The van der Waals surface area contributed by atoms with Gasteiger partial charge in [-0.1, -0.05) is 6.07 Å². The molecule has 1 aromatic carbocycles. The zero-order valence-electron chi connectivity index (χ0n) is 18.1. The number of aromatic nitrogens is 3. The third kappa shape index (κ3) is 5.76. The van der Waals surface area contributed by atoms with Crippen molar-refractivity contribution in [2.45, 2.75) is 6.18 Å². The summed E-state index contributed by atoms with van der Waals surface area (Å²) in [5.41, 5.74) is 0.568. The first-order valence-corrected chi connectivity index (χ1v) is 10.3. The van der Waals surface area contributed by atoms with E-state index in [9.17, 15) is 17.6 Å². The van der Waals surface area contributed by atoms with E-state index in [2.05, 4.69) is 25.4 Å². The predicted molar refractivity (Wildman–Crippen MR) is 120 cm³/mol. The highest BCUT2D eigenvalue weighted by molar-refractivity contribution is 5.78. The average molecular weight is 475 g/mol. The second-order valence-electron chi connectivity index (χ2n) is 7.38. The third-order valence-electron chi connectivity index (χ3n) is 4.94. The van der Waals surface area contributed by atoms with E-state index in [0.29, 0.717) is 43.4 Å². The molecule has 0 bridgehead atoms. The Morgan fingerprint density at radius 3 is 2.59 bits per heavy atom. The number of nitrogens with one attached hydrogen (secondary N) is 1. The lowest BCUT2D eigenvalue weighted by molar-refractivity contribution is -0.137. The molecule has 1 saturated heterocycles. The number of pyridine rings is 1. The maximum absolute atomic E-state index is 14.2. The van der Waals surface area contributed by atoms with Crippen LogP contribution in [0.2, 0.25) is 0 Å². The fraction of sp³-hybridized carbons (Fsp3) is 0.273. The van der Waals surface area contributed by atoms with Crippen LogP contribution in [0.4, 0.5) is 40.7 Å². The average Bonchev–Trinajstić information content (AvgIpc) is 2.84. The van der Waals surface area contributed by atoms with Crippen molar-refractivity contribution < 1.29 is 22.3 Å². The molecule has 1 fully saturated rings. The van der Waals surface area contributed by atoms with Crippen molar-refractivity contribution in [3.63, 3.8) is 0 Å². The highest BCUT2D eigenvalue weighted by atomic mass is 19.4. The van der Waals surface area contributed by atoms with Crippen LogP contribution in [0, 0.1) is 5.82 Å². The number of hydrogen-bond donors (Lipinski definition) is 1. The van der Waals surface area contributed by atoms with Gasteiger partial charge in [0.2, 0.25) is 5.95 Å². The first-order chi connectivity index (χ1) is 16.3. The Hall–Kier alpha value is -3.80. The van der Waals surface area contributed by atoms with E-state index in [1.807, 2.05) is 0 Å². The Labute approximate surface area is 192 Å². The van der Waals surface area contributed by atoms with E-state index in [0.717, 1.165) is 18.3 Å². The van der Waals surface area contributed by atoms with E-state index in [1.54, 1.807) is 24.1 Å². The number of hydrazone groups is 1. The molecule has 3 heterocycles. The fourth-order valence-corrected chi connectivity index (χ4v) is 3.19. The lowest BCUT2D eigenvalue weighted by Gasteiger charge is -2.28. The van der Waals surface area contributed by atoms with Gasteiger partial charge in [0.1, 0.15) is 0 Å². The summed E-state index contributed by atoms with van der Waals surface area (Å²) >= 11 is 0. The van der Waals surface area contributed by atoms with Crippen LogP contribution >= 0.6 is 0 Å². The molecule has 3 aromatic rings. The van der Waals surface area contributed by atoms with Crippen LogP contribution in [0.15, 0.2) is 53.9 Å². The van der Waals surface area contributed by atoms with Crippen LogP contribution in [0.1, 0.15) is 11.3 Å². The van der Waals surface area contributed by atoms with Gasteiger partial charge in [-0.25, -0.2) is 14.4 Å². The summed E-state index contributed by atoms with van der Waals surface area (Å²) in [5, 5.41) is 8.52. The molecular weight excluding hydrogens is 454 g/mol. The number of hydrogen-bond acceptors (Lipinski definition) is 8. The van der Waals surface area contributed by atoms with Crippen LogP contribution < -0.4 is 15.2 Å². The number of anilines is 4. The summed E-state index contributed by atoms with van der Waals surface area (Å²) in [6.07, 6.45) is -0.368. The predicted octanol–water partition coefficient (Wildman–Crippen LogP) is 4.08. The van der Waals surface area contributed by atoms with Gasteiger partial charge in [0, 0.05) is 25.8 Å². The van der Waals surface area contributed by atoms with E-state index in [4.69, 9.17) is 4.74 Å². The number of nitrogens with zero attached hydrogens (tertiary/aromatic N) is 6. The summed E-state index contributed by atoms with van der Waals surface area (Å²) in [7, 11) is 1.62. The van der Waals surface area contributed by atoms with Crippen LogP contribution in [0.25, 0.3) is 0 Å². The van der Waals surface area contributed by atoms with Crippen molar-refractivity contribution in [1.29, 1.82) is 0 Å². The molecule has 34 heavy (non-hydrogen) atoms. The molecule has 0 amide bonds. The molecule has 0 spiro atoms. The van der Waals surface area contributed by atoms with Gasteiger partial charge in [-0.15, -0.1) is 0 Å². The molecule has 1 aliphatic heterocycles. The van der Waals surface area contributed by atoms with Crippen LogP contribution in [0.5, 0.6) is 0 Å². The normalized spacial score (nSPS) is 14.4. The maximum Gasteiger partial charge on any atom is 0.416 e. The van der Waals surface area contributed by atoms with Gasteiger partial charge >= 0.3 is 6.18 Å². The number of halogens is 4. The third-order valence-corrected chi connectivity index (χ3v) is 4.94. The second kappa shape index (κ2) is 10.00. The van der Waals surface area contributed by atoms with Crippen LogP contribution in [-0.4, -0.2) is 54.5 Å². The summed E-state index contributed by atoms with van der Waals surface area (Å²) in [5.74, 6) is -0.117. The zero-order chi connectivity index (χ0) is 24.1. The summed E-state index contributed by atoms with van der Waals surface area (Å²) in [4.78, 5) is 14.3. The molecule has 8 nitrogen and oxygen atoms in total. The lowest BCUT2D eigenvalue weighted by Crippen LogP contribution is -2.37. The number of alkyl halides is 3. The maximum atomic E-state index is 14.2. The molecule has 2 aromatic heterocycles. The summed E-state index contributed by atoms with van der Waals surface area (Å²) in [6, 6.07) is 8.22. The molecule has 1 N–H and O–H groups in total. The first kappa shape index (κ1) is 23.4. The van der Waals surface area contributed by atoms with Gasteiger partial charge in [0.15, 0.2) is 11.6 Å². The van der Waals surface area contributed by atoms with Gasteiger partial charge < -0.3 is 15.0 Å². The van der Waals surface area contributed by atoms with Crippen molar-refractivity contribution in [1.82, 2.24) is 15.0 Å². The topological polar surface area (TPSA) is 78.8 Å². The van der Waals surface area contributed by atoms with Crippen molar-refractivity contribution in [2.75, 3.05) is 48.6 Å². The van der Waals surface area contributed by atoms with Gasteiger partial charge in [-0.05, 0) is 30.3 Å². The molecular formula is C22H21F4N7O. The van der Waals surface area contributed by atoms with Crippen molar-refractivity contribution in [2.24, 2.45) is 5.10 Å². The molecule has 178 valence electrons. The molecule has 0 saturated carbocycles. The molecule has 0 aliphatic carbocycles. The molecule has 12 heteroatoms. The van der Waals surface area contributed by atoms with E-state index in [-0.39, 0.29) is 11.8 Å². The highest BCUT2D eigenvalue weighted by Crippen LogP contribution is 2.31. The molecule has 0 unspecified atom stereocenters. The van der Waals surface area contributed by atoms with Gasteiger partial charge in [-0.2, -0.15) is 23.3 Å². The van der Waals surface area contributed by atoms with Crippen molar-refractivity contribution >= 4 is 29.4 Å². The molecule has 1 aliphatic rings. The largest absolute Gasteiger partial charge is 0.416 e. The minimum absolute atomic E-state index is 0.193. The van der Waals surface area contributed by atoms with E-state index in [1.165, 1.54) is 29.6 Å². The fourth-order valence-electron chi connectivity index (χ4n) is 3.19. The number of ether oxygens (including phenoxy) is 1. The Morgan fingerprint density at radius 1 is 1.09 bits per heavy atom. The highest BCUT2D eigenvalue weighted by Gasteiger charge is 2.30. The quantitative estimate of drug-likeness (QED) is 0.327. The van der Waals surface area contributed by atoms with Gasteiger partial charge in [0.05, 0.1) is 48.8 Å². The zero-order valence-corrected chi connectivity index (χ0v) is 18.1. The lowest BCUT2D eigenvalue weighted by atomic mass is 10.2. The van der Waals surface area contributed by atoms with Gasteiger partial charge in [0.25, 0.3) is 0 Å². The van der Waals surface area contributed by atoms with Crippen molar-refractivity contribution in [3.8, 4) is 0 Å². The minimum atomic E-state index is -4.42. The van der Waals surface area contributed by atoms with Crippen molar-refractivity contribution in [3.05, 3.63) is 65.9 Å². The smallest absolute Gasteiger partial charge is 0.378 e. The Balaban J connectivity index is 1.41. The minimum Gasteiger partial charge on any atom is -0.378 e. The number of morpholine rings is 1. The monoisotopic (exact) mass is 475 g/mol. The standard InChI is InChI=1S/C22H21F4N7O/c1-32(21-28-14-19(23)20(31-21)33-7-9-34-10-8-33)29-13-17-5-6-18(12-27-17)30-16-4-2-3-15(11-16)22(24,25)26/h2-6,11-14,30H,7-10H2,1H3/b29-13-.